The van der Waals surface area contributed by atoms with Gasteiger partial charge in [0, 0.05) is 30.7 Å². The SMILES string of the molecule is CC[C@H]1OC(=O)[C@H](C)[C@H](OC(=O)C(CSC)c2ccccc2)[C@H](C)[C@@H](O[C@@H]2O[C@H](C)C[C@H](N(C)C)[C@H]2O)[C@@](C)(OC)C[C@@H](C)C(=O)[C@H](C)[C@H]2OC(=O)O[C@@]21C. The van der Waals surface area contributed by atoms with Crippen molar-refractivity contribution in [3.8, 4) is 0 Å². The molecule has 55 heavy (non-hydrogen) atoms. The van der Waals surface area contributed by atoms with E-state index in [-0.39, 0.29) is 30.8 Å². The number of rotatable bonds is 10. The van der Waals surface area contributed by atoms with Crippen LogP contribution in [0.5, 0.6) is 0 Å². The zero-order chi connectivity index (χ0) is 41.0. The third kappa shape index (κ3) is 9.69. The Labute approximate surface area is 330 Å². The second kappa shape index (κ2) is 18.7. The monoisotopic (exact) mass is 793 g/mol. The van der Waals surface area contributed by atoms with E-state index in [9.17, 15) is 24.3 Å². The number of methoxy groups -OCH3 is 1. The second-order valence-corrected chi connectivity index (χ2v) is 17.2. The summed E-state index contributed by atoms with van der Waals surface area (Å²) in [7, 11) is 5.26. The summed E-state index contributed by atoms with van der Waals surface area (Å²) < 4.78 is 43.4. The van der Waals surface area contributed by atoms with Crippen LogP contribution < -0.4 is 0 Å². The van der Waals surface area contributed by atoms with Crippen molar-refractivity contribution in [2.24, 2.45) is 23.7 Å². The van der Waals surface area contributed by atoms with Gasteiger partial charge in [-0.05, 0) is 72.9 Å². The Morgan fingerprint density at radius 2 is 1.69 bits per heavy atom. The zero-order valence-corrected chi connectivity index (χ0v) is 35.3. The summed E-state index contributed by atoms with van der Waals surface area (Å²) in [6, 6.07) is 9.01. The highest BCUT2D eigenvalue weighted by atomic mass is 32.2. The maximum Gasteiger partial charge on any atom is 0.509 e. The van der Waals surface area contributed by atoms with E-state index in [0.29, 0.717) is 12.2 Å². The maximum atomic E-state index is 14.4. The lowest BCUT2D eigenvalue weighted by atomic mass is 9.74. The number of benzene rings is 1. The molecule has 1 aromatic carbocycles. The Bertz CT molecular complexity index is 1480. The number of aliphatic hydroxyl groups is 1. The lowest BCUT2D eigenvalue weighted by Crippen LogP contribution is -2.60. The number of Topliss-reactive ketones (excluding diaryl/α,β-unsaturated/α-hetero) is 1. The van der Waals surface area contributed by atoms with Crippen molar-refractivity contribution >= 4 is 35.6 Å². The van der Waals surface area contributed by atoms with Gasteiger partial charge in [-0.25, -0.2) is 4.79 Å². The molecule has 14 heteroatoms. The van der Waals surface area contributed by atoms with Crippen molar-refractivity contribution in [2.75, 3.05) is 33.2 Å². The maximum absolute atomic E-state index is 14.4. The predicted molar refractivity (Wildman–Crippen MR) is 206 cm³/mol. The van der Waals surface area contributed by atoms with Gasteiger partial charge in [-0.2, -0.15) is 11.8 Å². The van der Waals surface area contributed by atoms with Gasteiger partial charge in [-0.1, -0.05) is 58.0 Å². The van der Waals surface area contributed by atoms with Gasteiger partial charge >= 0.3 is 18.1 Å². The minimum Gasteiger partial charge on any atom is -0.461 e. The molecule has 3 heterocycles. The van der Waals surface area contributed by atoms with Gasteiger partial charge in [0.05, 0.1) is 35.6 Å². The molecule has 15 atom stereocenters. The van der Waals surface area contributed by atoms with E-state index in [4.69, 9.17) is 33.2 Å². The van der Waals surface area contributed by atoms with Crippen LogP contribution in [0.1, 0.15) is 86.1 Å². The largest absolute Gasteiger partial charge is 0.509 e. The summed E-state index contributed by atoms with van der Waals surface area (Å²) in [4.78, 5) is 57.7. The number of hydrogen-bond donors (Lipinski definition) is 1. The zero-order valence-electron chi connectivity index (χ0n) is 34.5. The molecule has 3 aliphatic heterocycles. The van der Waals surface area contributed by atoms with Crippen LogP contribution in [0.3, 0.4) is 0 Å². The Balaban J connectivity index is 1.88. The van der Waals surface area contributed by atoms with Crippen LogP contribution >= 0.6 is 11.8 Å². The minimum atomic E-state index is -1.49. The highest BCUT2D eigenvalue weighted by Gasteiger charge is 2.59. The lowest BCUT2D eigenvalue weighted by molar-refractivity contribution is -0.301. The quantitative estimate of drug-likeness (QED) is 0.238. The number of esters is 2. The fraction of sp³-hybridized carbons (Fsp3) is 0.756. The predicted octanol–water partition coefficient (Wildman–Crippen LogP) is 5.39. The number of ketones is 1. The number of likely N-dealkylation sites (N-methyl/N-ethyl adjacent to an activating group) is 1. The Morgan fingerprint density at radius 1 is 1.04 bits per heavy atom. The van der Waals surface area contributed by atoms with Crippen molar-refractivity contribution < 1.29 is 57.4 Å². The van der Waals surface area contributed by atoms with Gasteiger partial charge in [0.1, 0.15) is 24.1 Å². The van der Waals surface area contributed by atoms with Crippen molar-refractivity contribution in [3.63, 3.8) is 0 Å². The lowest BCUT2D eigenvalue weighted by Gasteiger charge is -2.48. The fourth-order valence-electron chi connectivity index (χ4n) is 8.77. The number of fused-ring (bicyclic) bond motifs is 1. The average Bonchev–Trinajstić information content (AvgIpc) is 3.47. The molecule has 0 bridgehead atoms. The number of hydrogen-bond acceptors (Lipinski definition) is 14. The van der Waals surface area contributed by atoms with E-state index in [2.05, 4.69) is 0 Å². The molecule has 1 N–H and O–H groups in total. The molecule has 0 amide bonds. The number of thioether (sulfide) groups is 1. The molecule has 4 rings (SSSR count). The van der Waals surface area contributed by atoms with Crippen LogP contribution in [-0.4, -0.2) is 127 Å². The molecule has 0 aliphatic carbocycles. The Morgan fingerprint density at radius 3 is 2.27 bits per heavy atom. The molecule has 3 fully saturated rings. The summed E-state index contributed by atoms with van der Waals surface area (Å²) in [6.45, 7) is 14.0. The molecule has 13 nitrogen and oxygen atoms in total. The van der Waals surface area contributed by atoms with E-state index in [0.717, 1.165) is 5.56 Å². The van der Waals surface area contributed by atoms with E-state index < -0.39 is 95.7 Å². The number of aliphatic hydroxyl groups excluding tert-OH is 1. The summed E-state index contributed by atoms with van der Waals surface area (Å²) in [5.41, 5.74) is -2.00. The summed E-state index contributed by atoms with van der Waals surface area (Å²) >= 11 is 1.49. The first-order valence-corrected chi connectivity index (χ1v) is 20.8. The van der Waals surface area contributed by atoms with E-state index in [1.54, 1.807) is 48.5 Å². The summed E-state index contributed by atoms with van der Waals surface area (Å²) in [5.74, 6) is -5.09. The van der Waals surface area contributed by atoms with E-state index >= 15 is 0 Å². The minimum absolute atomic E-state index is 0.116. The van der Waals surface area contributed by atoms with Gasteiger partial charge in [0.2, 0.25) is 0 Å². The van der Waals surface area contributed by atoms with Gasteiger partial charge in [-0.15, -0.1) is 0 Å². The van der Waals surface area contributed by atoms with Crippen LogP contribution in [0, 0.1) is 23.7 Å². The van der Waals surface area contributed by atoms with Crippen molar-refractivity contribution in [1.82, 2.24) is 4.90 Å². The van der Waals surface area contributed by atoms with Crippen LogP contribution in [0.15, 0.2) is 30.3 Å². The molecule has 1 unspecified atom stereocenters. The first-order valence-electron chi connectivity index (χ1n) is 19.4. The number of ether oxygens (including phenoxy) is 7. The fourth-order valence-corrected chi connectivity index (χ4v) is 9.43. The van der Waals surface area contributed by atoms with Gasteiger partial charge in [0.15, 0.2) is 18.0 Å². The smallest absolute Gasteiger partial charge is 0.461 e. The standard InChI is InChI=1S/C41H63NO12S/c1-13-30-41(8)35(53-39(47)54-41)24(4)31(43)22(2)20-40(7,48-11)34(52-38-32(44)29(42(9)10)19-23(3)49-38)25(5)33(26(6)36(45)50-30)51-37(46)28(21-55-12)27-17-15-14-16-18-27/h14-18,22-26,28-30,32-35,38,44H,13,19-21H2,1-12H3/t22-,23-,24+,25+,26-,28?,29+,30-,32-,33-,34-,35-,38+,40+,41-/m1/s1. The summed E-state index contributed by atoms with van der Waals surface area (Å²) in [6.07, 6.45) is -4.86. The highest BCUT2D eigenvalue weighted by molar-refractivity contribution is 7.98. The summed E-state index contributed by atoms with van der Waals surface area (Å²) in [5, 5.41) is 11.6. The Kier molecular flexibility index (Phi) is 15.3. The highest BCUT2D eigenvalue weighted by Crippen LogP contribution is 2.43. The molecule has 310 valence electrons. The normalized spacial score (nSPS) is 39.6. The first kappa shape index (κ1) is 45.0. The molecular weight excluding hydrogens is 731 g/mol. The third-order valence-corrected chi connectivity index (χ3v) is 12.7. The topological polar surface area (TPSA) is 156 Å². The average molecular weight is 794 g/mol. The molecule has 0 aromatic heterocycles. The van der Waals surface area contributed by atoms with Crippen LogP contribution in [0.25, 0.3) is 0 Å². The molecule has 0 radical (unpaired) electrons. The van der Waals surface area contributed by atoms with Crippen LogP contribution in [-0.2, 0) is 47.5 Å². The molecule has 1 aromatic rings. The van der Waals surface area contributed by atoms with Crippen molar-refractivity contribution in [2.45, 2.75) is 141 Å². The van der Waals surface area contributed by atoms with Crippen LogP contribution in [0.4, 0.5) is 4.79 Å². The first-order chi connectivity index (χ1) is 25.8. The van der Waals surface area contributed by atoms with Gasteiger partial charge in [-0.3, -0.25) is 14.4 Å². The van der Waals surface area contributed by atoms with Crippen LogP contribution in [0.2, 0.25) is 0 Å². The number of nitrogens with zero attached hydrogens (tertiary/aromatic N) is 1. The number of cyclic esters (lactones) is 1. The third-order valence-electron chi connectivity index (χ3n) is 12.0. The molecule has 3 aliphatic rings. The molecule has 0 saturated carbocycles. The van der Waals surface area contributed by atoms with Crippen molar-refractivity contribution in [1.29, 1.82) is 0 Å². The number of carbonyl (C=O) groups is 4. The Hall–Kier alpha value is -2.75. The van der Waals surface area contributed by atoms with Gasteiger partial charge in [0.25, 0.3) is 0 Å². The van der Waals surface area contributed by atoms with Gasteiger partial charge < -0.3 is 43.2 Å². The molecule has 3 saturated heterocycles. The molecular formula is C41H63NO12S. The van der Waals surface area contributed by atoms with E-state index in [1.165, 1.54) is 18.9 Å². The molecule has 0 spiro atoms. The van der Waals surface area contributed by atoms with Crippen molar-refractivity contribution in [3.05, 3.63) is 35.9 Å². The van der Waals surface area contributed by atoms with E-state index in [1.807, 2.05) is 62.5 Å². The number of carbonyl (C=O) groups excluding carboxylic acids is 4. The second-order valence-electron chi connectivity index (χ2n) is 16.3.